The molecule has 1 heterocycles. The lowest BCUT2D eigenvalue weighted by Crippen LogP contribution is -2.19. The highest BCUT2D eigenvalue weighted by Crippen LogP contribution is 2.34. The van der Waals surface area contributed by atoms with Gasteiger partial charge in [0.25, 0.3) is 0 Å². The van der Waals surface area contributed by atoms with Crippen molar-refractivity contribution in [2.24, 2.45) is 0 Å². The summed E-state index contributed by atoms with van der Waals surface area (Å²) in [4.78, 5) is 27.7. The van der Waals surface area contributed by atoms with Crippen LogP contribution in [0.4, 0.5) is 18.3 Å². The molecule has 2 rings (SSSR count). The number of halogens is 3. The van der Waals surface area contributed by atoms with Crippen molar-refractivity contribution in [1.29, 1.82) is 0 Å². The van der Waals surface area contributed by atoms with Crippen molar-refractivity contribution in [3.63, 3.8) is 0 Å². The van der Waals surface area contributed by atoms with Gasteiger partial charge >= 0.3 is 18.1 Å². The SMILES string of the molecule is CCOC(=O)C(=CNc1nc2cc(C(F)(F)F)ccc2s1)C(=O)OCC. The zero-order chi connectivity index (χ0) is 19.3. The number of anilines is 1. The van der Waals surface area contributed by atoms with E-state index >= 15 is 0 Å². The highest BCUT2D eigenvalue weighted by atomic mass is 32.1. The molecule has 26 heavy (non-hydrogen) atoms. The molecule has 0 atom stereocenters. The number of nitrogens with zero attached hydrogens (tertiary/aromatic N) is 1. The van der Waals surface area contributed by atoms with Gasteiger partial charge in [0.05, 0.1) is 29.0 Å². The van der Waals surface area contributed by atoms with Gasteiger partial charge in [-0.1, -0.05) is 11.3 Å². The van der Waals surface area contributed by atoms with Crippen molar-refractivity contribution < 1.29 is 32.2 Å². The molecule has 0 radical (unpaired) electrons. The number of benzene rings is 1. The Morgan fingerprint density at radius 1 is 1.19 bits per heavy atom. The summed E-state index contributed by atoms with van der Waals surface area (Å²) >= 11 is 1.07. The summed E-state index contributed by atoms with van der Waals surface area (Å²) in [6.45, 7) is 3.30. The van der Waals surface area contributed by atoms with E-state index < -0.39 is 23.7 Å². The van der Waals surface area contributed by atoms with E-state index in [0.717, 1.165) is 29.7 Å². The van der Waals surface area contributed by atoms with Gasteiger partial charge in [-0.15, -0.1) is 0 Å². The summed E-state index contributed by atoms with van der Waals surface area (Å²) in [6.07, 6.45) is -3.40. The number of ether oxygens (including phenoxy) is 2. The van der Waals surface area contributed by atoms with E-state index in [2.05, 4.69) is 10.3 Å². The Morgan fingerprint density at radius 2 is 1.81 bits per heavy atom. The molecule has 0 bridgehead atoms. The second-order valence-corrected chi connectivity index (χ2v) is 5.87. The highest BCUT2D eigenvalue weighted by Gasteiger charge is 2.30. The summed E-state index contributed by atoms with van der Waals surface area (Å²) < 4.78 is 48.3. The van der Waals surface area contributed by atoms with E-state index in [4.69, 9.17) is 9.47 Å². The van der Waals surface area contributed by atoms with Crippen molar-refractivity contribution in [2.75, 3.05) is 18.5 Å². The van der Waals surface area contributed by atoms with E-state index in [-0.39, 0.29) is 29.4 Å². The number of hydrogen-bond acceptors (Lipinski definition) is 7. The van der Waals surface area contributed by atoms with Crippen LogP contribution in [0.2, 0.25) is 0 Å². The van der Waals surface area contributed by atoms with Crippen LogP contribution in [0.15, 0.2) is 30.0 Å². The molecule has 0 aliphatic rings. The minimum Gasteiger partial charge on any atom is -0.462 e. The third-order valence-electron chi connectivity index (χ3n) is 3.05. The van der Waals surface area contributed by atoms with Gasteiger partial charge in [0.15, 0.2) is 10.7 Å². The molecule has 0 amide bonds. The van der Waals surface area contributed by atoms with Gasteiger partial charge < -0.3 is 14.8 Å². The largest absolute Gasteiger partial charge is 0.462 e. The maximum absolute atomic E-state index is 12.7. The molecule has 0 unspecified atom stereocenters. The number of esters is 2. The number of aromatic nitrogens is 1. The molecule has 6 nitrogen and oxygen atoms in total. The van der Waals surface area contributed by atoms with Crippen LogP contribution in [0.1, 0.15) is 19.4 Å². The predicted molar refractivity (Wildman–Crippen MR) is 89.6 cm³/mol. The van der Waals surface area contributed by atoms with Crippen LogP contribution >= 0.6 is 11.3 Å². The second kappa shape index (κ2) is 8.17. The monoisotopic (exact) mass is 388 g/mol. The molecule has 2 aromatic rings. The predicted octanol–water partition coefficient (Wildman–Crippen LogP) is 3.74. The van der Waals surface area contributed by atoms with E-state index in [9.17, 15) is 22.8 Å². The fraction of sp³-hybridized carbons (Fsp3) is 0.312. The Hall–Kier alpha value is -2.62. The number of nitrogens with one attached hydrogen (secondary N) is 1. The van der Waals surface area contributed by atoms with Crippen molar-refractivity contribution in [3.8, 4) is 0 Å². The summed E-state index contributed by atoms with van der Waals surface area (Å²) in [5.74, 6) is -1.75. The van der Waals surface area contributed by atoms with E-state index in [1.165, 1.54) is 6.07 Å². The van der Waals surface area contributed by atoms with Crippen LogP contribution in [0.3, 0.4) is 0 Å². The average molecular weight is 388 g/mol. The normalized spacial score (nSPS) is 11.1. The molecule has 1 aromatic carbocycles. The van der Waals surface area contributed by atoms with Gasteiger partial charge in [-0.25, -0.2) is 14.6 Å². The molecular weight excluding hydrogens is 373 g/mol. The lowest BCUT2D eigenvalue weighted by atomic mass is 10.2. The smallest absolute Gasteiger partial charge is 0.416 e. The molecule has 140 valence electrons. The minimum absolute atomic E-state index is 0.0664. The third kappa shape index (κ3) is 4.72. The maximum Gasteiger partial charge on any atom is 0.416 e. The fourth-order valence-electron chi connectivity index (χ4n) is 1.92. The molecule has 1 aromatic heterocycles. The molecule has 1 N–H and O–H groups in total. The maximum atomic E-state index is 12.7. The molecule has 0 aliphatic carbocycles. The van der Waals surface area contributed by atoms with Crippen LogP contribution in [-0.4, -0.2) is 30.1 Å². The van der Waals surface area contributed by atoms with Crippen LogP contribution in [0.25, 0.3) is 10.2 Å². The molecule has 0 aliphatic heterocycles. The number of carbonyl (C=O) groups excluding carboxylic acids is 2. The number of hydrogen-bond donors (Lipinski definition) is 1. The summed E-state index contributed by atoms with van der Waals surface area (Å²) in [5.41, 5.74) is -1.03. The first-order chi connectivity index (χ1) is 12.3. The van der Waals surface area contributed by atoms with Crippen LogP contribution < -0.4 is 5.32 Å². The highest BCUT2D eigenvalue weighted by molar-refractivity contribution is 7.22. The van der Waals surface area contributed by atoms with Gasteiger partial charge in [0, 0.05) is 6.20 Å². The Bertz CT molecular complexity index is 826. The zero-order valence-corrected chi connectivity index (χ0v) is 14.7. The second-order valence-electron chi connectivity index (χ2n) is 4.84. The van der Waals surface area contributed by atoms with Gasteiger partial charge in [0.2, 0.25) is 0 Å². The lowest BCUT2D eigenvalue weighted by Gasteiger charge is -2.06. The third-order valence-corrected chi connectivity index (χ3v) is 4.01. The number of rotatable bonds is 6. The van der Waals surface area contributed by atoms with Crippen LogP contribution in [0.5, 0.6) is 0 Å². The number of alkyl halides is 3. The van der Waals surface area contributed by atoms with Gasteiger partial charge in [-0.3, -0.25) is 0 Å². The van der Waals surface area contributed by atoms with Crippen LogP contribution in [-0.2, 0) is 25.2 Å². The summed E-state index contributed by atoms with van der Waals surface area (Å²) in [5, 5.41) is 2.85. The lowest BCUT2D eigenvalue weighted by molar-refractivity contribution is -0.146. The molecular formula is C16H15F3N2O4S. The molecule has 0 saturated heterocycles. The fourth-order valence-corrected chi connectivity index (χ4v) is 2.73. The van der Waals surface area contributed by atoms with Gasteiger partial charge in [-0.05, 0) is 32.0 Å². The van der Waals surface area contributed by atoms with E-state index in [1.807, 2.05) is 0 Å². The topological polar surface area (TPSA) is 77.5 Å². The minimum atomic E-state index is -4.47. The molecule has 0 spiro atoms. The Labute approximate surface area is 150 Å². The standard InChI is InChI=1S/C16H15F3N2O4S/c1-3-24-13(22)10(14(23)25-4-2)8-20-15-21-11-7-9(16(17,18)19)5-6-12(11)26-15/h5-8H,3-4H2,1-2H3,(H,20,21). The molecule has 10 heteroatoms. The number of carbonyl (C=O) groups is 2. The van der Waals surface area contributed by atoms with Crippen molar-refractivity contribution in [3.05, 3.63) is 35.5 Å². The van der Waals surface area contributed by atoms with Crippen molar-refractivity contribution in [2.45, 2.75) is 20.0 Å². The molecule has 0 saturated carbocycles. The van der Waals surface area contributed by atoms with Gasteiger partial charge in [0.1, 0.15) is 0 Å². The average Bonchev–Trinajstić information content (AvgIpc) is 2.96. The van der Waals surface area contributed by atoms with E-state index in [1.54, 1.807) is 13.8 Å². The first-order valence-electron chi connectivity index (χ1n) is 7.55. The zero-order valence-electron chi connectivity index (χ0n) is 13.8. The number of thiazole rings is 1. The van der Waals surface area contributed by atoms with Crippen LogP contribution in [0, 0.1) is 0 Å². The Kier molecular flexibility index (Phi) is 6.19. The van der Waals surface area contributed by atoms with Crippen molar-refractivity contribution >= 4 is 38.6 Å². The quantitative estimate of drug-likeness (QED) is 0.352. The first-order valence-corrected chi connectivity index (χ1v) is 8.36. The van der Waals surface area contributed by atoms with Gasteiger partial charge in [-0.2, -0.15) is 13.2 Å². The first kappa shape index (κ1) is 19.7. The number of fused-ring (bicyclic) bond motifs is 1. The summed E-state index contributed by atoms with van der Waals surface area (Å²) in [6, 6.07) is 3.20. The van der Waals surface area contributed by atoms with Crippen molar-refractivity contribution in [1.82, 2.24) is 4.98 Å². The molecule has 0 fully saturated rings. The Balaban J connectivity index is 2.28. The summed E-state index contributed by atoms with van der Waals surface area (Å²) in [7, 11) is 0. The Morgan fingerprint density at radius 3 is 2.35 bits per heavy atom. The van der Waals surface area contributed by atoms with E-state index in [0.29, 0.717) is 4.70 Å².